The lowest BCUT2D eigenvalue weighted by atomic mass is 10.1. The van der Waals surface area contributed by atoms with E-state index >= 15 is 0 Å². The van der Waals surface area contributed by atoms with Crippen LogP contribution in [0.15, 0.2) is 23.0 Å². The molecule has 2 aromatic rings. The molecule has 0 aliphatic rings. The molecule has 1 amide bonds. The summed E-state index contributed by atoms with van der Waals surface area (Å²) in [6.07, 6.45) is 1.29. The number of carbonyl (C=O) groups is 2. The Bertz CT molecular complexity index is 742. The molecule has 112 valence electrons. The molecule has 6 nitrogen and oxygen atoms in total. The SMILES string of the molecule is CNC(=O)C(CCC=O)n1c(=O)n(C)c2cc(C)ccc21. The molecule has 6 heteroatoms. The van der Waals surface area contributed by atoms with Gasteiger partial charge >= 0.3 is 5.69 Å². The van der Waals surface area contributed by atoms with Crippen molar-refractivity contribution in [1.29, 1.82) is 0 Å². The van der Waals surface area contributed by atoms with Crippen LogP contribution in [0, 0.1) is 6.92 Å². The Hall–Kier alpha value is -2.37. The maximum Gasteiger partial charge on any atom is 0.329 e. The number of aldehydes is 1. The van der Waals surface area contributed by atoms with Crippen molar-refractivity contribution < 1.29 is 9.59 Å². The Morgan fingerprint density at radius 2 is 2.10 bits per heavy atom. The summed E-state index contributed by atoms with van der Waals surface area (Å²) in [4.78, 5) is 35.2. The number of aromatic nitrogens is 2. The monoisotopic (exact) mass is 289 g/mol. The van der Waals surface area contributed by atoms with Gasteiger partial charge in [-0.05, 0) is 31.0 Å². The minimum Gasteiger partial charge on any atom is -0.357 e. The normalized spacial score (nSPS) is 12.3. The number of rotatable bonds is 5. The average molecular weight is 289 g/mol. The number of aryl methyl sites for hydroxylation is 2. The number of nitrogens with zero attached hydrogens (tertiary/aromatic N) is 2. The molecule has 0 spiro atoms. The Morgan fingerprint density at radius 1 is 1.38 bits per heavy atom. The van der Waals surface area contributed by atoms with E-state index in [-0.39, 0.29) is 18.0 Å². The number of fused-ring (bicyclic) bond motifs is 1. The fourth-order valence-corrected chi connectivity index (χ4v) is 2.54. The first-order valence-electron chi connectivity index (χ1n) is 6.84. The van der Waals surface area contributed by atoms with E-state index in [9.17, 15) is 14.4 Å². The quantitative estimate of drug-likeness (QED) is 0.832. The Morgan fingerprint density at radius 3 is 2.71 bits per heavy atom. The zero-order chi connectivity index (χ0) is 15.6. The van der Waals surface area contributed by atoms with Gasteiger partial charge in [0.25, 0.3) is 0 Å². The summed E-state index contributed by atoms with van der Waals surface area (Å²) in [5.41, 5.74) is 2.27. The van der Waals surface area contributed by atoms with Gasteiger partial charge < -0.3 is 10.1 Å². The van der Waals surface area contributed by atoms with Crippen LogP contribution < -0.4 is 11.0 Å². The number of nitrogens with one attached hydrogen (secondary N) is 1. The molecule has 1 aromatic heterocycles. The van der Waals surface area contributed by atoms with E-state index in [1.807, 2.05) is 25.1 Å². The van der Waals surface area contributed by atoms with Crippen LogP contribution in [0.5, 0.6) is 0 Å². The lowest BCUT2D eigenvalue weighted by molar-refractivity contribution is -0.124. The third kappa shape index (κ3) is 2.61. The van der Waals surface area contributed by atoms with Crippen LogP contribution in [-0.2, 0) is 16.6 Å². The molecule has 1 aromatic carbocycles. The van der Waals surface area contributed by atoms with Crippen LogP contribution in [-0.4, -0.2) is 28.4 Å². The van der Waals surface area contributed by atoms with Crippen molar-refractivity contribution in [2.24, 2.45) is 7.05 Å². The van der Waals surface area contributed by atoms with Gasteiger partial charge in [-0.3, -0.25) is 13.9 Å². The molecule has 1 N–H and O–H groups in total. The average Bonchev–Trinajstić information content (AvgIpc) is 2.72. The molecule has 0 saturated heterocycles. The minimum absolute atomic E-state index is 0.229. The van der Waals surface area contributed by atoms with Crippen LogP contribution in [0.25, 0.3) is 11.0 Å². The number of carbonyl (C=O) groups excluding carboxylic acids is 2. The van der Waals surface area contributed by atoms with E-state index in [1.54, 1.807) is 7.05 Å². The molecule has 21 heavy (non-hydrogen) atoms. The highest BCUT2D eigenvalue weighted by Gasteiger charge is 2.24. The first-order valence-corrected chi connectivity index (χ1v) is 6.84. The second kappa shape index (κ2) is 5.95. The molecule has 1 heterocycles. The van der Waals surface area contributed by atoms with Gasteiger partial charge in [-0.25, -0.2) is 4.79 Å². The van der Waals surface area contributed by atoms with Crippen LogP contribution in [0.1, 0.15) is 24.4 Å². The number of amides is 1. The van der Waals surface area contributed by atoms with Crippen LogP contribution in [0.2, 0.25) is 0 Å². The van der Waals surface area contributed by atoms with Crippen molar-refractivity contribution in [3.05, 3.63) is 34.2 Å². The summed E-state index contributed by atoms with van der Waals surface area (Å²) in [6, 6.07) is 4.97. The van der Waals surface area contributed by atoms with Crippen molar-refractivity contribution in [2.45, 2.75) is 25.8 Å². The molecule has 2 rings (SSSR count). The third-order valence-corrected chi connectivity index (χ3v) is 3.66. The standard InChI is InChI=1S/C15H19N3O3/c1-10-6-7-11-13(9-10)17(3)15(21)18(11)12(5-4-8-19)14(20)16-2/h6-9,12H,4-5H2,1-3H3,(H,16,20). The summed E-state index contributed by atoms with van der Waals surface area (Å²) in [7, 11) is 3.21. The minimum atomic E-state index is -0.681. The highest BCUT2D eigenvalue weighted by Crippen LogP contribution is 2.21. The Kier molecular flexibility index (Phi) is 4.26. The van der Waals surface area contributed by atoms with E-state index in [2.05, 4.69) is 5.32 Å². The molecule has 1 atom stereocenters. The van der Waals surface area contributed by atoms with Gasteiger partial charge in [-0.2, -0.15) is 0 Å². The molecule has 0 aliphatic carbocycles. The molecule has 0 fully saturated rings. The molecule has 0 bridgehead atoms. The second-order valence-corrected chi connectivity index (χ2v) is 5.08. The third-order valence-electron chi connectivity index (χ3n) is 3.66. The Labute approximate surface area is 122 Å². The van der Waals surface area contributed by atoms with E-state index in [4.69, 9.17) is 0 Å². The molecule has 0 aliphatic heterocycles. The van der Waals surface area contributed by atoms with Crippen molar-refractivity contribution in [2.75, 3.05) is 7.05 Å². The Balaban J connectivity index is 2.67. The fraction of sp³-hybridized carbons (Fsp3) is 0.400. The number of likely N-dealkylation sites (N-methyl/N-ethyl adjacent to an activating group) is 1. The number of imidazole rings is 1. The van der Waals surface area contributed by atoms with Gasteiger partial charge in [0.15, 0.2) is 0 Å². The zero-order valence-corrected chi connectivity index (χ0v) is 12.4. The van der Waals surface area contributed by atoms with Crippen molar-refractivity contribution in [3.8, 4) is 0 Å². The van der Waals surface area contributed by atoms with Gasteiger partial charge in [-0.1, -0.05) is 6.07 Å². The molecule has 0 radical (unpaired) electrons. The van der Waals surface area contributed by atoms with Gasteiger partial charge in [-0.15, -0.1) is 0 Å². The van der Waals surface area contributed by atoms with E-state index in [0.717, 1.165) is 17.4 Å². The van der Waals surface area contributed by atoms with Crippen LogP contribution in [0.3, 0.4) is 0 Å². The number of benzene rings is 1. The van der Waals surface area contributed by atoms with E-state index in [1.165, 1.54) is 16.2 Å². The lowest BCUT2D eigenvalue weighted by Gasteiger charge is -2.16. The van der Waals surface area contributed by atoms with E-state index in [0.29, 0.717) is 11.9 Å². The summed E-state index contributed by atoms with van der Waals surface area (Å²) in [5.74, 6) is -0.271. The highest BCUT2D eigenvalue weighted by molar-refractivity contribution is 5.84. The topological polar surface area (TPSA) is 73.1 Å². The zero-order valence-electron chi connectivity index (χ0n) is 12.4. The predicted octanol–water partition coefficient (Wildman–Crippen LogP) is 0.915. The van der Waals surface area contributed by atoms with Gasteiger partial charge in [0.1, 0.15) is 12.3 Å². The lowest BCUT2D eigenvalue weighted by Crippen LogP contribution is -2.36. The van der Waals surface area contributed by atoms with Gasteiger partial charge in [0.2, 0.25) is 5.91 Å². The predicted molar refractivity (Wildman–Crippen MR) is 80.3 cm³/mol. The van der Waals surface area contributed by atoms with Gasteiger partial charge in [0.05, 0.1) is 11.0 Å². The summed E-state index contributed by atoms with van der Waals surface area (Å²) < 4.78 is 3.00. The van der Waals surface area contributed by atoms with Gasteiger partial charge in [0, 0.05) is 20.5 Å². The number of hydrogen-bond acceptors (Lipinski definition) is 3. The summed E-state index contributed by atoms with van der Waals surface area (Å²) in [6.45, 7) is 1.95. The largest absolute Gasteiger partial charge is 0.357 e. The van der Waals surface area contributed by atoms with Crippen molar-refractivity contribution >= 4 is 23.2 Å². The first-order chi connectivity index (χ1) is 10.0. The molecular weight excluding hydrogens is 270 g/mol. The second-order valence-electron chi connectivity index (χ2n) is 5.08. The highest BCUT2D eigenvalue weighted by atomic mass is 16.2. The molecular formula is C15H19N3O3. The van der Waals surface area contributed by atoms with Crippen molar-refractivity contribution in [3.63, 3.8) is 0 Å². The van der Waals surface area contributed by atoms with E-state index < -0.39 is 6.04 Å². The van der Waals surface area contributed by atoms with Crippen LogP contribution >= 0.6 is 0 Å². The summed E-state index contributed by atoms with van der Waals surface area (Å²) in [5, 5.41) is 2.56. The van der Waals surface area contributed by atoms with Crippen molar-refractivity contribution in [1.82, 2.24) is 14.5 Å². The number of hydrogen-bond donors (Lipinski definition) is 1. The smallest absolute Gasteiger partial charge is 0.329 e. The maximum absolute atomic E-state index is 12.5. The fourth-order valence-electron chi connectivity index (χ4n) is 2.54. The molecule has 1 unspecified atom stereocenters. The molecule has 0 saturated carbocycles. The van der Waals surface area contributed by atoms with Crippen LogP contribution in [0.4, 0.5) is 0 Å². The maximum atomic E-state index is 12.5. The summed E-state index contributed by atoms with van der Waals surface area (Å²) >= 11 is 0. The first kappa shape index (κ1) is 15.0.